The molecule has 1 aliphatic rings. The maximum absolute atomic E-state index is 12.9. The highest BCUT2D eigenvalue weighted by Gasteiger charge is 2.32. The van der Waals surface area contributed by atoms with E-state index in [0.29, 0.717) is 6.54 Å². The van der Waals surface area contributed by atoms with Crippen molar-refractivity contribution in [3.05, 3.63) is 76.0 Å². The highest BCUT2D eigenvalue weighted by atomic mass is 35.5. The highest BCUT2D eigenvalue weighted by Crippen LogP contribution is 2.28. The first-order valence-corrected chi connectivity index (χ1v) is 11.7. The van der Waals surface area contributed by atoms with E-state index in [2.05, 4.69) is 10.3 Å². The number of benzene rings is 2. The Morgan fingerprint density at radius 2 is 1.71 bits per heavy atom. The second-order valence-corrected chi connectivity index (χ2v) is 9.81. The van der Waals surface area contributed by atoms with Gasteiger partial charge in [0.05, 0.1) is 17.8 Å². The van der Waals surface area contributed by atoms with Crippen molar-refractivity contribution >= 4 is 39.1 Å². The molecule has 162 valence electrons. The number of carbonyl (C=O) groups is 1. The molecule has 0 saturated carbocycles. The molecule has 3 aromatic rings. The Balaban J connectivity index is 1.41. The van der Waals surface area contributed by atoms with Gasteiger partial charge in [-0.2, -0.15) is 4.31 Å². The minimum Gasteiger partial charge on any atom is -0.335 e. The summed E-state index contributed by atoms with van der Waals surface area (Å²) in [5.41, 5.74) is 1.27. The summed E-state index contributed by atoms with van der Waals surface area (Å²) in [5.74, 6) is -0.280. The van der Waals surface area contributed by atoms with E-state index >= 15 is 0 Å². The standard InChI is InChI=1S/C20H19Cl2N5O3S/c21-16-6-7-17(22)19(12-16)31(29,30)27-10-8-25(9-11-27)20(28)18-14-26(24-23-18)13-15-4-2-1-3-5-15/h1-7,12,14H,8-11,13H2. The maximum atomic E-state index is 12.9. The summed E-state index contributed by atoms with van der Waals surface area (Å²) in [6.45, 7) is 1.28. The van der Waals surface area contributed by atoms with E-state index < -0.39 is 10.0 Å². The van der Waals surface area contributed by atoms with E-state index in [4.69, 9.17) is 23.2 Å². The first-order valence-electron chi connectivity index (χ1n) is 9.53. The van der Waals surface area contributed by atoms with Gasteiger partial charge in [-0.25, -0.2) is 13.1 Å². The molecule has 0 unspecified atom stereocenters. The fourth-order valence-electron chi connectivity index (χ4n) is 3.35. The van der Waals surface area contributed by atoms with Crippen molar-refractivity contribution in [1.82, 2.24) is 24.2 Å². The van der Waals surface area contributed by atoms with Gasteiger partial charge in [0.1, 0.15) is 4.90 Å². The summed E-state index contributed by atoms with van der Waals surface area (Å²) in [4.78, 5) is 14.3. The summed E-state index contributed by atoms with van der Waals surface area (Å²) in [6.07, 6.45) is 1.60. The van der Waals surface area contributed by atoms with Crippen LogP contribution in [0.3, 0.4) is 0 Å². The molecule has 4 rings (SSSR count). The Bertz CT molecular complexity index is 1190. The smallest absolute Gasteiger partial charge is 0.276 e. The van der Waals surface area contributed by atoms with E-state index in [9.17, 15) is 13.2 Å². The molecule has 0 spiro atoms. The second kappa shape index (κ2) is 8.96. The Morgan fingerprint density at radius 1 is 1.00 bits per heavy atom. The molecule has 0 N–H and O–H groups in total. The number of halogens is 2. The zero-order valence-corrected chi connectivity index (χ0v) is 18.7. The molecular weight excluding hydrogens is 461 g/mol. The van der Waals surface area contributed by atoms with E-state index in [0.717, 1.165) is 5.56 Å². The molecule has 1 fully saturated rings. The Morgan fingerprint density at radius 3 is 2.42 bits per heavy atom. The summed E-state index contributed by atoms with van der Waals surface area (Å²) in [7, 11) is -3.81. The van der Waals surface area contributed by atoms with E-state index in [-0.39, 0.29) is 52.7 Å². The number of rotatable bonds is 5. The Hall–Kier alpha value is -2.46. The first kappa shape index (κ1) is 21.8. The minimum atomic E-state index is -3.81. The van der Waals surface area contributed by atoms with Crippen molar-refractivity contribution in [1.29, 1.82) is 0 Å². The topological polar surface area (TPSA) is 88.4 Å². The van der Waals surface area contributed by atoms with Crippen molar-refractivity contribution in [2.24, 2.45) is 0 Å². The zero-order valence-electron chi connectivity index (χ0n) is 16.4. The summed E-state index contributed by atoms with van der Waals surface area (Å²) in [5, 5.41) is 8.40. The maximum Gasteiger partial charge on any atom is 0.276 e. The van der Waals surface area contributed by atoms with Gasteiger partial charge in [-0.05, 0) is 23.8 Å². The number of amides is 1. The third kappa shape index (κ3) is 4.74. The van der Waals surface area contributed by atoms with Crippen LogP contribution in [0.4, 0.5) is 0 Å². The van der Waals surface area contributed by atoms with Crippen molar-refractivity contribution in [2.45, 2.75) is 11.4 Å². The molecule has 1 amide bonds. The van der Waals surface area contributed by atoms with E-state index in [1.165, 1.54) is 22.5 Å². The van der Waals surface area contributed by atoms with Gasteiger partial charge in [-0.1, -0.05) is 58.7 Å². The van der Waals surface area contributed by atoms with Crippen molar-refractivity contribution < 1.29 is 13.2 Å². The lowest BCUT2D eigenvalue weighted by Crippen LogP contribution is -2.50. The van der Waals surface area contributed by atoms with E-state index in [1.807, 2.05) is 30.3 Å². The molecule has 0 bridgehead atoms. The minimum absolute atomic E-state index is 0.0368. The fraction of sp³-hybridized carbons (Fsp3) is 0.250. The van der Waals surface area contributed by atoms with Gasteiger partial charge in [0.15, 0.2) is 5.69 Å². The second-order valence-electron chi connectivity index (χ2n) is 7.06. The van der Waals surface area contributed by atoms with Gasteiger partial charge in [0.25, 0.3) is 5.91 Å². The van der Waals surface area contributed by atoms with Crippen LogP contribution in [0.5, 0.6) is 0 Å². The van der Waals surface area contributed by atoms with Crippen LogP contribution >= 0.6 is 23.2 Å². The van der Waals surface area contributed by atoms with Crippen LogP contribution in [-0.2, 0) is 16.6 Å². The van der Waals surface area contributed by atoms with Crippen LogP contribution in [0.1, 0.15) is 16.1 Å². The molecule has 0 atom stereocenters. The Kier molecular flexibility index (Phi) is 6.29. The van der Waals surface area contributed by atoms with Crippen LogP contribution < -0.4 is 0 Å². The van der Waals surface area contributed by atoms with Crippen LogP contribution in [0.2, 0.25) is 10.0 Å². The molecular formula is C20H19Cl2N5O3S. The molecule has 2 heterocycles. The molecule has 0 aliphatic carbocycles. The number of nitrogens with zero attached hydrogens (tertiary/aromatic N) is 5. The molecule has 1 saturated heterocycles. The van der Waals surface area contributed by atoms with Gasteiger partial charge in [0, 0.05) is 31.2 Å². The highest BCUT2D eigenvalue weighted by molar-refractivity contribution is 7.89. The van der Waals surface area contributed by atoms with Crippen LogP contribution in [0.15, 0.2) is 59.6 Å². The Labute approximate surface area is 190 Å². The van der Waals surface area contributed by atoms with Gasteiger partial charge in [-0.15, -0.1) is 5.10 Å². The lowest BCUT2D eigenvalue weighted by Gasteiger charge is -2.33. The van der Waals surface area contributed by atoms with Crippen molar-refractivity contribution in [2.75, 3.05) is 26.2 Å². The average molecular weight is 480 g/mol. The molecule has 1 aromatic heterocycles. The SMILES string of the molecule is O=C(c1cn(Cc2ccccc2)nn1)N1CCN(S(=O)(=O)c2cc(Cl)ccc2Cl)CC1. The van der Waals surface area contributed by atoms with Crippen LogP contribution in [0, 0.1) is 0 Å². The van der Waals surface area contributed by atoms with Crippen LogP contribution in [0.25, 0.3) is 0 Å². The number of sulfonamides is 1. The monoisotopic (exact) mass is 479 g/mol. The fourth-order valence-corrected chi connectivity index (χ4v) is 5.51. The third-order valence-corrected chi connectivity index (χ3v) is 7.60. The molecule has 0 radical (unpaired) electrons. The summed E-state index contributed by atoms with van der Waals surface area (Å²) >= 11 is 12.0. The molecule has 2 aromatic carbocycles. The van der Waals surface area contributed by atoms with Crippen molar-refractivity contribution in [3.63, 3.8) is 0 Å². The van der Waals surface area contributed by atoms with Crippen LogP contribution in [-0.4, -0.2) is 64.7 Å². The summed E-state index contributed by atoms with van der Waals surface area (Å²) in [6, 6.07) is 14.1. The number of hydrogen-bond donors (Lipinski definition) is 0. The van der Waals surface area contributed by atoms with E-state index in [1.54, 1.807) is 15.8 Å². The quantitative estimate of drug-likeness (QED) is 0.561. The average Bonchev–Trinajstić information content (AvgIpc) is 3.24. The lowest BCUT2D eigenvalue weighted by molar-refractivity contribution is 0.0692. The largest absolute Gasteiger partial charge is 0.335 e. The molecule has 11 heteroatoms. The normalized spacial score (nSPS) is 15.2. The number of carbonyl (C=O) groups excluding carboxylic acids is 1. The van der Waals surface area contributed by atoms with Gasteiger partial charge < -0.3 is 4.90 Å². The summed E-state index contributed by atoms with van der Waals surface area (Å²) < 4.78 is 28.8. The zero-order chi connectivity index (χ0) is 22.0. The molecule has 8 nitrogen and oxygen atoms in total. The van der Waals surface area contributed by atoms with Gasteiger partial charge in [-0.3, -0.25) is 4.79 Å². The first-order chi connectivity index (χ1) is 14.8. The molecule has 31 heavy (non-hydrogen) atoms. The lowest BCUT2D eigenvalue weighted by atomic mass is 10.2. The number of hydrogen-bond acceptors (Lipinski definition) is 5. The van der Waals surface area contributed by atoms with Gasteiger partial charge >= 0.3 is 0 Å². The molecule has 1 aliphatic heterocycles. The predicted octanol–water partition coefficient (Wildman–Crippen LogP) is 2.78. The number of piperazine rings is 1. The third-order valence-electron chi connectivity index (χ3n) is 4.98. The van der Waals surface area contributed by atoms with Crippen molar-refractivity contribution in [3.8, 4) is 0 Å². The van der Waals surface area contributed by atoms with Gasteiger partial charge in [0.2, 0.25) is 10.0 Å². The predicted molar refractivity (Wildman–Crippen MR) is 117 cm³/mol. The number of aromatic nitrogens is 3.